The number of aromatic nitrogens is 2. The van der Waals surface area contributed by atoms with E-state index in [0.29, 0.717) is 22.2 Å². The quantitative estimate of drug-likeness (QED) is 0.521. The monoisotopic (exact) mass is 434 g/mol. The lowest BCUT2D eigenvalue weighted by atomic mass is 10.1. The standard InChI is InChI=1S/C20H20Cl2N4O3/c1-20(2,28)18-26-25-17(29-18)16(11-12-3-5-13(21)6-4-12)24-19(27)23-15-9-7-14(22)8-10-15/h3-10,16,28H,11H2,1-2H3,(H2,23,24,27). The first kappa shape index (κ1) is 21.1. The highest BCUT2D eigenvalue weighted by Crippen LogP contribution is 2.24. The number of nitrogens with one attached hydrogen (secondary N) is 2. The number of rotatable bonds is 6. The maximum Gasteiger partial charge on any atom is 0.319 e. The van der Waals surface area contributed by atoms with Gasteiger partial charge in [-0.2, -0.15) is 0 Å². The Bertz CT molecular complexity index is 967. The average molecular weight is 435 g/mol. The van der Waals surface area contributed by atoms with Crippen LogP contribution in [0.25, 0.3) is 0 Å². The number of amides is 2. The molecule has 0 aliphatic carbocycles. The fourth-order valence-electron chi connectivity index (χ4n) is 2.54. The second-order valence-corrected chi connectivity index (χ2v) is 7.87. The number of hydrogen-bond donors (Lipinski definition) is 3. The molecular weight excluding hydrogens is 415 g/mol. The van der Waals surface area contributed by atoms with Gasteiger partial charge in [0.2, 0.25) is 11.8 Å². The summed E-state index contributed by atoms with van der Waals surface area (Å²) in [7, 11) is 0. The third-order valence-corrected chi connectivity index (χ3v) is 4.53. The fraction of sp³-hybridized carbons (Fsp3) is 0.250. The Morgan fingerprint density at radius 2 is 1.66 bits per heavy atom. The molecule has 2 amide bonds. The van der Waals surface area contributed by atoms with Crippen LogP contribution in [0.2, 0.25) is 10.0 Å². The van der Waals surface area contributed by atoms with Gasteiger partial charge in [-0.3, -0.25) is 0 Å². The molecule has 2 aromatic carbocycles. The second-order valence-electron chi connectivity index (χ2n) is 6.99. The number of aliphatic hydroxyl groups is 1. The zero-order valence-electron chi connectivity index (χ0n) is 15.8. The Labute approximate surface area is 178 Å². The molecule has 29 heavy (non-hydrogen) atoms. The molecule has 1 unspecified atom stereocenters. The first-order valence-electron chi connectivity index (χ1n) is 8.84. The number of hydrogen-bond acceptors (Lipinski definition) is 5. The van der Waals surface area contributed by atoms with Crippen LogP contribution in [0.15, 0.2) is 52.9 Å². The first-order valence-corrected chi connectivity index (χ1v) is 9.60. The first-order chi connectivity index (χ1) is 13.7. The van der Waals surface area contributed by atoms with E-state index in [1.807, 2.05) is 12.1 Å². The molecule has 3 aromatic rings. The molecule has 0 aliphatic rings. The number of nitrogens with zero attached hydrogens (tertiary/aromatic N) is 2. The van der Waals surface area contributed by atoms with Gasteiger partial charge in [-0.15, -0.1) is 10.2 Å². The molecule has 0 spiro atoms. The minimum atomic E-state index is -1.29. The third-order valence-electron chi connectivity index (χ3n) is 4.02. The predicted octanol–water partition coefficient (Wildman–Crippen LogP) is 4.71. The van der Waals surface area contributed by atoms with E-state index >= 15 is 0 Å². The van der Waals surface area contributed by atoms with Crippen LogP contribution in [0.3, 0.4) is 0 Å². The summed E-state index contributed by atoms with van der Waals surface area (Å²) in [6.07, 6.45) is 0.388. The Morgan fingerprint density at radius 3 is 2.21 bits per heavy atom. The van der Waals surface area contributed by atoms with Crippen LogP contribution in [0.1, 0.15) is 37.2 Å². The Morgan fingerprint density at radius 1 is 1.07 bits per heavy atom. The SMILES string of the molecule is CC(C)(O)c1nnc(C(Cc2ccc(Cl)cc2)NC(=O)Nc2ccc(Cl)cc2)o1. The lowest BCUT2D eigenvalue weighted by Crippen LogP contribution is -2.34. The molecule has 1 heterocycles. The van der Waals surface area contributed by atoms with Crippen LogP contribution in [0, 0.1) is 0 Å². The van der Waals surface area contributed by atoms with Gasteiger partial charge in [-0.25, -0.2) is 4.79 Å². The van der Waals surface area contributed by atoms with E-state index in [2.05, 4.69) is 20.8 Å². The Balaban J connectivity index is 1.79. The molecular formula is C20H20Cl2N4O3. The van der Waals surface area contributed by atoms with Gasteiger partial charge < -0.3 is 20.2 Å². The average Bonchev–Trinajstić information content (AvgIpc) is 3.15. The topological polar surface area (TPSA) is 100 Å². The number of carbonyl (C=O) groups is 1. The van der Waals surface area contributed by atoms with Crippen molar-refractivity contribution in [3.63, 3.8) is 0 Å². The zero-order chi connectivity index (χ0) is 21.0. The molecule has 0 saturated heterocycles. The molecule has 7 nitrogen and oxygen atoms in total. The molecule has 1 atom stereocenters. The minimum Gasteiger partial charge on any atom is -0.420 e. The van der Waals surface area contributed by atoms with Crippen LogP contribution >= 0.6 is 23.2 Å². The molecule has 0 fully saturated rings. The Hall–Kier alpha value is -2.61. The largest absolute Gasteiger partial charge is 0.420 e. The van der Waals surface area contributed by atoms with Crippen LogP contribution < -0.4 is 10.6 Å². The number of benzene rings is 2. The summed E-state index contributed by atoms with van der Waals surface area (Å²) in [6.45, 7) is 3.08. The highest BCUT2D eigenvalue weighted by molar-refractivity contribution is 6.30. The van der Waals surface area contributed by atoms with Crippen molar-refractivity contribution in [1.82, 2.24) is 15.5 Å². The lowest BCUT2D eigenvalue weighted by Gasteiger charge is -2.17. The smallest absolute Gasteiger partial charge is 0.319 e. The summed E-state index contributed by atoms with van der Waals surface area (Å²) >= 11 is 11.8. The van der Waals surface area contributed by atoms with Crippen molar-refractivity contribution < 1.29 is 14.3 Å². The van der Waals surface area contributed by atoms with E-state index in [-0.39, 0.29) is 11.8 Å². The number of anilines is 1. The van der Waals surface area contributed by atoms with Gasteiger partial charge in [-0.1, -0.05) is 35.3 Å². The number of urea groups is 1. The minimum absolute atomic E-state index is 0.0634. The molecule has 0 bridgehead atoms. The molecule has 3 N–H and O–H groups in total. The van der Waals surface area contributed by atoms with Crippen molar-refractivity contribution in [3.05, 3.63) is 75.9 Å². The van der Waals surface area contributed by atoms with E-state index in [4.69, 9.17) is 27.6 Å². The number of carbonyl (C=O) groups excluding carboxylic acids is 1. The zero-order valence-corrected chi connectivity index (χ0v) is 17.3. The van der Waals surface area contributed by atoms with E-state index in [9.17, 15) is 9.90 Å². The van der Waals surface area contributed by atoms with Gasteiger partial charge in [0.05, 0.1) is 0 Å². The van der Waals surface area contributed by atoms with Crippen molar-refractivity contribution in [2.45, 2.75) is 31.9 Å². The molecule has 152 valence electrons. The molecule has 0 radical (unpaired) electrons. The van der Waals surface area contributed by atoms with Crippen LogP contribution in [0.4, 0.5) is 10.5 Å². The van der Waals surface area contributed by atoms with Crippen LogP contribution in [-0.4, -0.2) is 21.3 Å². The maximum atomic E-state index is 12.5. The summed E-state index contributed by atoms with van der Waals surface area (Å²) in [5.74, 6) is 0.247. The summed E-state index contributed by atoms with van der Waals surface area (Å²) in [5.41, 5.74) is 0.204. The summed E-state index contributed by atoms with van der Waals surface area (Å²) in [4.78, 5) is 12.5. The molecule has 0 aliphatic heterocycles. The van der Waals surface area contributed by atoms with Gasteiger partial charge in [0.15, 0.2) is 0 Å². The van der Waals surface area contributed by atoms with Gasteiger partial charge in [0.1, 0.15) is 11.6 Å². The molecule has 0 saturated carbocycles. The predicted molar refractivity (Wildman–Crippen MR) is 111 cm³/mol. The van der Waals surface area contributed by atoms with Crippen molar-refractivity contribution in [3.8, 4) is 0 Å². The fourth-order valence-corrected chi connectivity index (χ4v) is 2.79. The summed E-state index contributed by atoms with van der Waals surface area (Å²) in [6, 6.07) is 12.9. The van der Waals surface area contributed by atoms with E-state index in [0.717, 1.165) is 5.56 Å². The van der Waals surface area contributed by atoms with Gasteiger partial charge in [0.25, 0.3) is 0 Å². The third kappa shape index (κ3) is 5.93. The highest BCUT2D eigenvalue weighted by atomic mass is 35.5. The molecule has 9 heteroatoms. The Kier molecular flexibility index (Phi) is 6.42. The van der Waals surface area contributed by atoms with Gasteiger partial charge in [-0.05, 0) is 55.8 Å². The second kappa shape index (κ2) is 8.82. The van der Waals surface area contributed by atoms with Crippen LogP contribution in [-0.2, 0) is 12.0 Å². The summed E-state index contributed by atoms with van der Waals surface area (Å²) in [5, 5.41) is 24.7. The summed E-state index contributed by atoms with van der Waals surface area (Å²) < 4.78 is 5.61. The van der Waals surface area contributed by atoms with E-state index < -0.39 is 17.7 Å². The number of halogens is 2. The van der Waals surface area contributed by atoms with Crippen molar-refractivity contribution in [2.75, 3.05) is 5.32 Å². The van der Waals surface area contributed by atoms with Gasteiger partial charge >= 0.3 is 6.03 Å². The lowest BCUT2D eigenvalue weighted by molar-refractivity contribution is 0.0464. The van der Waals surface area contributed by atoms with Crippen molar-refractivity contribution >= 4 is 34.9 Å². The highest BCUT2D eigenvalue weighted by Gasteiger charge is 2.27. The van der Waals surface area contributed by atoms with E-state index in [1.54, 1.807) is 50.2 Å². The van der Waals surface area contributed by atoms with Crippen LogP contribution in [0.5, 0.6) is 0 Å². The van der Waals surface area contributed by atoms with Gasteiger partial charge in [0, 0.05) is 22.2 Å². The molecule has 3 rings (SSSR count). The van der Waals surface area contributed by atoms with Crippen molar-refractivity contribution in [2.24, 2.45) is 0 Å². The van der Waals surface area contributed by atoms with Crippen molar-refractivity contribution in [1.29, 1.82) is 0 Å². The maximum absolute atomic E-state index is 12.5. The molecule has 1 aromatic heterocycles. The van der Waals surface area contributed by atoms with E-state index in [1.165, 1.54) is 0 Å². The normalized spacial score (nSPS) is 12.4.